The number of hydrogen-bond acceptors (Lipinski definition) is 15. The van der Waals surface area contributed by atoms with Crippen LogP contribution in [-0.2, 0) is 65.4 Å². The zero-order chi connectivity index (χ0) is 69.8. The first-order chi connectivity index (χ1) is 46.0. The molecule has 0 radical (unpaired) electrons. The average molecular weight is 1400 g/mol. The van der Waals surface area contributed by atoms with E-state index in [4.69, 9.17) is 37.0 Å². The van der Waals surface area contributed by atoms with Crippen molar-refractivity contribution in [2.75, 3.05) is 39.6 Å². The van der Waals surface area contributed by atoms with E-state index in [0.29, 0.717) is 25.7 Å². The molecule has 0 saturated heterocycles. The molecule has 0 aliphatic rings. The molecule has 0 fully saturated rings. The average Bonchev–Trinajstić information content (AvgIpc) is 1.43. The highest BCUT2D eigenvalue weighted by molar-refractivity contribution is 7.47. The molecule has 0 aliphatic heterocycles. The molecule has 564 valence electrons. The van der Waals surface area contributed by atoms with Gasteiger partial charge in [0.2, 0.25) is 0 Å². The monoisotopic (exact) mass is 1400 g/mol. The number of hydrogen-bond donors (Lipinski definition) is 3. The van der Waals surface area contributed by atoms with Crippen LogP contribution in [0.1, 0.15) is 401 Å². The van der Waals surface area contributed by atoms with Crippen LogP contribution < -0.4 is 0 Å². The molecule has 0 saturated carbocycles. The first-order valence-corrected chi connectivity index (χ1v) is 42.6. The van der Waals surface area contributed by atoms with Crippen LogP contribution in [0, 0.1) is 5.92 Å². The van der Waals surface area contributed by atoms with Crippen molar-refractivity contribution in [1.82, 2.24) is 0 Å². The Morgan fingerprint density at radius 3 is 0.716 bits per heavy atom. The van der Waals surface area contributed by atoms with Crippen molar-refractivity contribution >= 4 is 39.5 Å². The van der Waals surface area contributed by atoms with Gasteiger partial charge < -0.3 is 33.8 Å². The molecule has 5 atom stereocenters. The molecule has 0 spiro atoms. The summed E-state index contributed by atoms with van der Waals surface area (Å²) in [6.45, 7) is 7.30. The summed E-state index contributed by atoms with van der Waals surface area (Å²) in [6.07, 6.45) is 58.2. The number of carbonyl (C=O) groups is 4. The van der Waals surface area contributed by atoms with E-state index in [1.165, 1.54) is 218 Å². The third-order valence-electron chi connectivity index (χ3n) is 17.8. The van der Waals surface area contributed by atoms with Gasteiger partial charge in [0.1, 0.15) is 19.3 Å². The van der Waals surface area contributed by atoms with Crippen LogP contribution in [0.5, 0.6) is 0 Å². The van der Waals surface area contributed by atoms with Gasteiger partial charge in [-0.3, -0.25) is 37.3 Å². The summed E-state index contributed by atoms with van der Waals surface area (Å²) in [4.78, 5) is 72.7. The van der Waals surface area contributed by atoms with Gasteiger partial charge >= 0.3 is 39.5 Å². The van der Waals surface area contributed by atoms with E-state index < -0.39 is 97.5 Å². The van der Waals surface area contributed by atoms with Crippen LogP contribution >= 0.6 is 15.6 Å². The van der Waals surface area contributed by atoms with Gasteiger partial charge in [-0.15, -0.1) is 0 Å². The van der Waals surface area contributed by atoms with Gasteiger partial charge in [-0.1, -0.05) is 349 Å². The summed E-state index contributed by atoms with van der Waals surface area (Å²) in [5.41, 5.74) is 0. The molecular weight excluding hydrogens is 1250 g/mol. The molecule has 2 unspecified atom stereocenters. The molecule has 0 amide bonds. The maximum atomic E-state index is 13.1. The van der Waals surface area contributed by atoms with Crippen LogP contribution in [0.4, 0.5) is 0 Å². The van der Waals surface area contributed by atoms with E-state index in [0.717, 1.165) is 102 Å². The largest absolute Gasteiger partial charge is 0.472 e. The highest BCUT2D eigenvalue weighted by atomic mass is 31.2. The summed E-state index contributed by atoms with van der Waals surface area (Å²) in [5, 5.41) is 10.6. The first-order valence-electron chi connectivity index (χ1n) is 39.6. The third-order valence-corrected chi connectivity index (χ3v) is 19.7. The van der Waals surface area contributed by atoms with Crippen molar-refractivity contribution < 1.29 is 80.2 Å². The summed E-state index contributed by atoms with van der Waals surface area (Å²) in [5.74, 6) is -1.31. The van der Waals surface area contributed by atoms with Crippen LogP contribution in [0.3, 0.4) is 0 Å². The Morgan fingerprint density at radius 2 is 0.484 bits per heavy atom. The fourth-order valence-electron chi connectivity index (χ4n) is 11.7. The molecule has 0 bridgehead atoms. The number of aliphatic hydroxyl groups excluding tert-OH is 1. The number of unbranched alkanes of at least 4 members (excludes halogenated alkanes) is 48. The number of carbonyl (C=O) groups excluding carboxylic acids is 4. The quantitative estimate of drug-likeness (QED) is 0.0222. The fraction of sp³-hybridized carbons (Fsp3) is 0.947. The molecule has 17 nitrogen and oxygen atoms in total. The van der Waals surface area contributed by atoms with Crippen LogP contribution in [0.25, 0.3) is 0 Å². The zero-order valence-electron chi connectivity index (χ0n) is 61.8. The molecule has 0 rings (SSSR count). The SMILES string of the molecule is CCCCCCCCCCCCCCCCCCC(=O)OC[C@H](COP(=O)(O)OC[C@@H](O)COP(=O)(O)OC[C@@H](COC(=O)CCCCCCCCCC)OC(=O)CCCCCCCCCCCCCCC)OC(=O)CCCCCCCCCCCCCCCCCC(C)C. The van der Waals surface area contributed by atoms with Crippen molar-refractivity contribution in [2.45, 2.75) is 419 Å². The van der Waals surface area contributed by atoms with E-state index in [1.807, 2.05) is 0 Å². The van der Waals surface area contributed by atoms with Crippen molar-refractivity contribution in [1.29, 1.82) is 0 Å². The molecule has 0 aliphatic carbocycles. The molecule has 95 heavy (non-hydrogen) atoms. The summed E-state index contributed by atoms with van der Waals surface area (Å²) < 4.78 is 68.5. The molecule has 19 heteroatoms. The van der Waals surface area contributed by atoms with Crippen molar-refractivity contribution in [3.8, 4) is 0 Å². The van der Waals surface area contributed by atoms with Gasteiger partial charge in [0, 0.05) is 25.7 Å². The van der Waals surface area contributed by atoms with Crippen LogP contribution in [0.2, 0.25) is 0 Å². The van der Waals surface area contributed by atoms with Crippen LogP contribution in [0.15, 0.2) is 0 Å². The van der Waals surface area contributed by atoms with E-state index in [9.17, 15) is 43.2 Å². The molecule has 0 aromatic rings. The second-order valence-electron chi connectivity index (χ2n) is 27.9. The Balaban J connectivity index is 5.21. The first kappa shape index (κ1) is 93.1. The Morgan fingerprint density at radius 1 is 0.284 bits per heavy atom. The lowest BCUT2D eigenvalue weighted by molar-refractivity contribution is -0.161. The number of esters is 4. The standard InChI is InChI=1S/C76H148O17P2/c1-6-9-12-15-18-21-23-25-26-29-33-36-40-45-50-55-60-74(79)87-66-72(93-76(81)62-57-52-47-42-38-34-30-27-28-32-35-39-43-48-53-58-69(4)5)68-91-95(84,85)89-64-70(77)63-88-94(82,83)90-67-71(65-86-73(78)59-54-49-44-20-17-14-11-8-3)92-75(80)61-56-51-46-41-37-31-24-22-19-16-13-10-7-2/h69-72,77H,6-68H2,1-5H3,(H,82,83)(H,84,85)/t70-,71+,72+/m0/s1. The maximum Gasteiger partial charge on any atom is 0.472 e. The van der Waals surface area contributed by atoms with Gasteiger partial charge in [0.05, 0.1) is 26.4 Å². The van der Waals surface area contributed by atoms with Crippen LogP contribution in [-0.4, -0.2) is 96.7 Å². The predicted molar refractivity (Wildman–Crippen MR) is 386 cm³/mol. The predicted octanol–water partition coefficient (Wildman–Crippen LogP) is 22.5. The molecule has 3 N–H and O–H groups in total. The van der Waals surface area contributed by atoms with E-state index in [-0.39, 0.29) is 25.7 Å². The minimum atomic E-state index is -4.96. The minimum Gasteiger partial charge on any atom is -0.462 e. The molecule has 0 aromatic carbocycles. The second-order valence-corrected chi connectivity index (χ2v) is 30.8. The Labute approximate surface area is 581 Å². The van der Waals surface area contributed by atoms with E-state index in [1.54, 1.807) is 0 Å². The highest BCUT2D eigenvalue weighted by Gasteiger charge is 2.30. The fourth-order valence-corrected chi connectivity index (χ4v) is 13.3. The Bertz CT molecular complexity index is 1820. The summed E-state index contributed by atoms with van der Waals surface area (Å²) in [7, 11) is -9.91. The van der Waals surface area contributed by atoms with Gasteiger partial charge in [-0.05, 0) is 31.6 Å². The van der Waals surface area contributed by atoms with Crippen molar-refractivity contribution in [3.63, 3.8) is 0 Å². The number of phosphoric acid groups is 2. The molecule has 0 heterocycles. The normalized spacial score (nSPS) is 13.9. The number of aliphatic hydroxyl groups is 1. The third kappa shape index (κ3) is 70.3. The second kappa shape index (κ2) is 69.2. The van der Waals surface area contributed by atoms with Gasteiger partial charge in [-0.25, -0.2) is 9.13 Å². The lowest BCUT2D eigenvalue weighted by Gasteiger charge is -2.21. The van der Waals surface area contributed by atoms with Crippen molar-refractivity contribution in [2.24, 2.45) is 5.92 Å². The minimum absolute atomic E-state index is 0.108. The Hall–Kier alpha value is -1.94. The van der Waals surface area contributed by atoms with E-state index in [2.05, 4.69) is 34.6 Å². The number of rotatable bonds is 76. The summed E-state index contributed by atoms with van der Waals surface area (Å²) >= 11 is 0. The number of phosphoric ester groups is 2. The van der Waals surface area contributed by atoms with E-state index >= 15 is 0 Å². The smallest absolute Gasteiger partial charge is 0.462 e. The van der Waals surface area contributed by atoms with Crippen molar-refractivity contribution in [3.05, 3.63) is 0 Å². The van der Waals surface area contributed by atoms with Gasteiger partial charge in [-0.2, -0.15) is 0 Å². The topological polar surface area (TPSA) is 237 Å². The highest BCUT2D eigenvalue weighted by Crippen LogP contribution is 2.45. The lowest BCUT2D eigenvalue weighted by Crippen LogP contribution is -2.30. The lowest BCUT2D eigenvalue weighted by atomic mass is 10.0. The zero-order valence-corrected chi connectivity index (χ0v) is 63.6. The van der Waals surface area contributed by atoms with Gasteiger partial charge in [0.15, 0.2) is 12.2 Å². The van der Waals surface area contributed by atoms with Gasteiger partial charge in [0.25, 0.3) is 0 Å². The maximum absolute atomic E-state index is 13.1. The Kier molecular flexibility index (Phi) is 67.7. The number of ether oxygens (including phenoxy) is 4. The summed E-state index contributed by atoms with van der Waals surface area (Å²) in [6, 6.07) is 0. The molecule has 0 aromatic heterocycles. The molecular formula is C76H148O17P2.